The highest BCUT2D eigenvalue weighted by Crippen LogP contribution is 2.21. The van der Waals surface area contributed by atoms with E-state index < -0.39 is 23.3 Å². The smallest absolute Gasteiger partial charge is 0.407 e. The van der Waals surface area contributed by atoms with Gasteiger partial charge in [0.25, 0.3) is 0 Å². The van der Waals surface area contributed by atoms with Gasteiger partial charge >= 0.3 is 6.09 Å². The van der Waals surface area contributed by atoms with Gasteiger partial charge in [0.05, 0.1) is 0 Å². The summed E-state index contributed by atoms with van der Waals surface area (Å²) in [7, 11) is 0. The first-order valence-corrected chi connectivity index (χ1v) is 8.40. The van der Waals surface area contributed by atoms with Crippen molar-refractivity contribution < 1.29 is 18.3 Å². The lowest BCUT2D eigenvalue weighted by Gasteiger charge is -2.36. The van der Waals surface area contributed by atoms with Gasteiger partial charge in [-0.2, -0.15) is 0 Å². The van der Waals surface area contributed by atoms with Crippen LogP contribution >= 0.6 is 0 Å². The normalized spacial score (nSPS) is 19.1. The number of ether oxygens (including phenoxy) is 1. The lowest BCUT2D eigenvalue weighted by molar-refractivity contribution is 0.0491. The van der Waals surface area contributed by atoms with Crippen LogP contribution in [-0.4, -0.2) is 35.7 Å². The molecule has 24 heavy (non-hydrogen) atoms. The van der Waals surface area contributed by atoms with Crippen molar-refractivity contribution >= 4 is 6.09 Å². The fourth-order valence-electron chi connectivity index (χ4n) is 2.90. The predicted octanol–water partition coefficient (Wildman–Crippen LogP) is 3.84. The van der Waals surface area contributed by atoms with Gasteiger partial charge in [-0.25, -0.2) is 13.6 Å². The Morgan fingerprint density at radius 1 is 1.33 bits per heavy atom. The molecule has 1 saturated heterocycles. The number of likely N-dealkylation sites (tertiary alicyclic amines) is 1. The fourth-order valence-corrected chi connectivity index (χ4v) is 2.90. The van der Waals surface area contributed by atoms with Crippen LogP contribution in [0.4, 0.5) is 13.6 Å². The van der Waals surface area contributed by atoms with Crippen LogP contribution in [0.1, 0.15) is 45.6 Å². The van der Waals surface area contributed by atoms with Crippen molar-refractivity contribution in [3.05, 3.63) is 35.4 Å². The van der Waals surface area contributed by atoms with Crippen molar-refractivity contribution in [2.24, 2.45) is 0 Å². The van der Waals surface area contributed by atoms with Crippen LogP contribution in [0.3, 0.4) is 0 Å². The molecule has 0 radical (unpaired) electrons. The van der Waals surface area contributed by atoms with Gasteiger partial charge in [-0.3, -0.25) is 4.90 Å². The SMILES string of the molecule is CC(C)(C)OC(=O)NCC1CCCCN1Cc1cccc(F)c1F. The van der Waals surface area contributed by atoms with Gasteiger partial charge in [-0.1, -0.05) is 18.6 Å². The number of hydrogen-bond acceptors (Lipinski definition) is 3. The quantitative estimate of drug-likeness (QED) is 0.905. The second-order valence-electron chi connectivity index (χ2n) is 7.22. The Labute approximate surface area is 142 Å². The molecule has 1 unspecified atom stereocenters. The summed E-state index contributed by atoms with van der Waals surface area (Å²) in [6.07, 6.45) is 2.53. The summed E-state index contributed by atoms with van der Waals surface area (Å²) in [6.45, 7) is 7.01. The molecule has 0 bridgehead atoms. The van der Waals surface area contributed by atoms with Crippen LogP contribution < -0.4 is 5.32 Å². The van der Waals surface area contributed by atoms with E-state index >= 15 is 0 Å². The summed E-state index contributed by atoms with van der Waals surface area (Å²) in [5.74, 6) is -1.62. The highest BCUT2D eigenvalue weighted by atomic mass is 19.2. The molecule has 1 N–H and O–H groups in total. The van der Waals surface area contributed by atoms with Gasteiger partial charge in [0.1, 0.15) is 5.60 Å². The molecule has 1 aliphatic heterocycles. The monoisotopic (exact) mass is 340 g/mol. The van der Waals surface area contributed by atoms with E-state index in [0.717, 1.165) is 31.9 Å². The average molecular weight is 340 g/mol. The average Bonchev–Trinajstić information content (AvgIpc) is 2.49. The van der Waals surface area contributed by atoms with Crippen LogP contribution in [0.2, 0.25) is 0 Å². The molecule has 6 heteroatoms. The Balaban J connectivity index is 1.95. The number of amides is 1. The van der Waals surface area contributed by atoms with Gasteiger partial charge < -0.3 is 10.1 Å². The molecule has 2 rings (SSSR count). The molecule has 1 aliphatic rings. The van der Waals surface area contributed by atoms with Crippen molar-refractivity contribution in [3.8, 4) is 0 Å². The first-order chi connectivity index (χ1) is 11.3. The Bertz CT molecular complexity index is 573. The molecule has 0 aliphatic carbocycles. The number of carbonyl (C=O) groups is 1. The highest BCUT2D eigenvalue weighted by molar-refractivity contribution is 5.67. The molecule has 0 spiro atoms. The molecule has 0 saturated carbocycles. The summed E-state index contributed by atoms with van der Waals surface area (Å²) in [6, 6.07) is 4.34. The number of nitrogens with zero attached hydrogens (tertiary/aromatic N) is 1. The van der Waals surface area contributed by atoms with Crippen molar-refractivity contribution in [2.75, 3.05) is 13.1 Å². The molecule has 0 aromatic heterocycles. The maximum absolute atomic E-state index is 13.9. The number of benzene rings is 1. The fraction of sp³-hybridized carbons (Fsp3) is 0.611. The van der Waals surface area contributed by atoms with Gasteiger partial charge in [0.2, 0.25) is 0 Å². The minimum absolute atomic E-state index is 0.0916. The summed E-state index contributed by atoms with van der Waals surface area (Å²) >= 11 is 0. The summed E-state index contributed by atoms with van der Waals surface area (Å²) in [5.41, 5.74) is -0.194. The first kappa shape index (κ1) is 18.6. The number of hydrogen-bond donors (Lipinski definition) is 1. The molecule has 4 nitrogen and oxygen atoms in total. The molecule has 1 aromatic rings. The maximum atomic E-state index is 13.9. The van der Waals surface area contributed by atoms with E-state index in [1.807, 2.05) is 20.8 Å². The van der Waals surface area contributed by atoms with Crippen molar-refractivity contribution in [3.63, 3.8) is 0 Å². The Morgan fingerprint density at radius 3 is 2.79 bits per heavy atom. The topological polar surface area (TPSA) is 41.6 Å². The number of nitrogens with one attached hydrogen (secondary N) is 1. The van der Waals surface area contributed by atoms with Crippen molar-refractivity contribution in [1.82, 2.24) is 10.2 Å². The van der Waals surface area contributed by atoms with Crippen molar-refractivity contribution in [2.45, 2.75) is 58.2 Å². The molecule has 1 heterocycles. The Hall–Kier alpha value is -1.69. The molecule has 1 amide bonds. The minimum Gasteiger partial charge on any atom is -0.444 e. The number of carbonyl (C=O) groups excluding carboxylic acids is 1. The van der Waals surface area contributed by atoms with Gasteiger partial charge in [-0.15, -0.1) is 0 Å². The molecule has 1 fully saturated rings. The standard InChI is InChI=1S/C18H26F2N2O2/c1-18(2,3)24-17(23)21-11-14-8-4-5-10-22(14)12-13-7-6-9-15(19)16(13)20/h6-7,9,14H,4-5,8,10-12H2,1-3H3,(H,21,23). The summed E-state index contributed by atoms with van der Waals surface area (Å²) in [5, 5.41) is 2.78. The van der Waals surface area contributed by atoms with Crippen LogP contribution in [-0.2, 0) is 11.3 Å². The number of piperidine rings is 1. The number of halogens is 2. The van der Waals surface area contributed by atoms with E-state index in [2.05, 4.69) is 10.2 Å². The number of rotatable bonds is 4. The van der Waals surface area contributed by atoms with Crippen molar-refractivity contribution in [1.29, 1.82) is 0 Å². The predicted molar refractivity (Wildman–Crippen MR) is 88.6 cm³/mol. The van der Waals surface area contributed by atoms with Crippen LogP contribution in [0, 0.1) is 11.6 Å². The lowest BCUT2D eigenvalue weighted by atomic mass is 10.0. The van der Waals surface area contributed by atoms with E-state index in [9.17, 15) is 13.6 Å². The van der Waals surface area contributed by atoms with Crippen LogP contribution in [0.25, 0.3) is 0 Å². The Kier molecular flexibility index (Phi) is 6.15. The molecule has 134 valence electrons. The third kappa shape index (κ3) is 5.44. The third-order valence-electron chi connectivity index (χ3n) is 4.03. The second kappa shape index (κ2) is 7.92. The van der Waals surface area contributed by atoms with Gasteiger partial charge in [0.15, 0.2) is 11.6 Å². The molecule has 1 aromatic carbocycles. The zero-order chi connectivity index (χ0) is 17.7. The van der Waals surface area contributed by atoms with E-state index in [4.69, 9.17) is 4.74 Å². The molecule has 1 atom stereocenters. The van der Waals surface area contributed by atoms with Gasteiger partial charge in [0, 0.05) is 24.7 Å². The van der Waals surface area contributed by atoms with Crippen LogP contribution in [0.5, 0.6) is 0 Å². The van der Waals surface area contributed by atoms with Crippen LogP contribution in [0.15, 0.2) is 18.2 Å². The lowest BCUT2D eigenvalue weighted by Crippen LogP contribution is -2.47. The molecular weight excluding hydrogens is 314 g/mol. The first-order valence-electron chi connectivity index (χ1n) is 8.40. The zero-order valence-corrected chi connectivity index (χ0v) is 14.6. The van der Waals surface area contributed by atoms with E-state index in [-0.39, 0.29) is 6.04 Å². The number of alkyl carbamates (subject to hydrolysis) is 1. The largest absolute Gasteiger partial charge is 0.444 e. The summed E-state index contributed by atoms with van der Waals surface area (Å²) in [4.78, 5) is 13.9. The third-order valence-corrected chi connectivity index (χ3v) is 4.03. The maximum Gasteiger partial charge on any atom is 0.407 e. The summed E-state index contributed by atoms with van der Waals surface area (Å²) < 4.78 is 32.5. The second-order valence-corrected chi connectivity index (χ2v) is 7.22. The zero-order valence-electron chi connectivity index (χ0n) is 14.6. The minimum atomic E-state index is -0.826. The molecular formula is C18H26F2N2O2. The Morgan fingerprint density at radius 2 is 2.08 bits per heavy atom. The van der Waals surface area contributed by atoms with E-state index in [1.165, 1.54) is 6.07 Å². The highest BCUT2D eigenvalue weighted by Gasteiger charge is 2.25. The van der Waals surface area contributed by atoms with E-state index in [1.54, 1.807) is 6.07 Å². The van der Waals surface area contributed by atoms with E-state index in [0.29, 0.717) is 18.7 Å². The van der Waals surface area contributed by atoms with Gasteiger partial charge in [-0.05, 0) is 46.2 Å².